The van der Waals surface area contributed by atoms with Gasteiger partial charge in [-0.2, -0.15) is 0 Å². The Morgan fingerprint density at radius 3 is 2.01 bits per heavy atom. The predicted octanol–water partition coefficient (Wildman–Crippen LogP) is 7.13. The fourth-order valence-electron chi connectivity index (χ4n) is 9.11. The summed E-state index contributed by atoms with van der Waals surface area (Å²) in [4.78, 5) is 56.2. The number of ether oxygens (including phenoxy) is 7. The summed E-state index contributed by atoms with van der Waals surface area (Å²) in [6.07, 6.45) is 14.1. The number of aliphatic hydroxyl groups is 3. The molecular weight excluding hydrogens is 925 g/mol. The van der Waals surface area contributed by atoms with Crippen LogP contribution in [0.1, 0.15) is 120 Å². The summed E-state index contributed by atoms with van der Waals surface area (Å²) < 4.78 is 41.1. The zero-order chi connectivity index (χ0) is 54.7. The molecule has 0 radical (unpaired) electrons. The van der Waals surface area contributed by atoms with Crippen molar-refractivity contribution in [2.45, 2.75) is 181 Å². The van der Waals surface area contributed by atoms with Gasteiger partial charge in [0.25, 0.3) is 0 Å². The zero-order valence-corrected chi connectivity index (χ0v) is 46.9. The van der Waals surface area contributed by atoms with E-state index >= 15 is 0 Å². The molecule has 1 heterocycles. The molecule has 0 aliphatic carbocycles. The van der Waals surface area contributed by atoms with Gasteiger partial charge >= 0.3 is 23.9 Å². The Hall–Kier alpha value is -3.48. The molecule has 0 spiro atoms. The van der Waals surface area contributed by atoms with Crippen molar-refractivity contribution in [1.82, 2.24) is 9.80 Å². The first-order valence-corrected chi connectivity index (χ1v) is 26.2. The van der Waals surface area contributed by atoms with Crippen LogP contribution in [0.2, 0.25) is 0 Å². The van der Waals surface area contributed by atoms with Crippen molar-refractivity contribution in [1.29, 1.82) is 0 Å². The predicted molar refractivity (Wildman–Crippen MR) is 281 cm³/mol. The largest absolute Gasteiger partial charge is 0.462 e. The number of rotatable bonds is 22. The number of esters is 4. The summed E-state index contributed by atoms with van der Waals surface area (Å²) >= 11 is 0. The normalized spacial score (nSPS) is 29.1. The van der Waals surface area contributed by atoms with E-state index in [9.17, 15) is 34.5 Å². The highest BCUT2D eigenvalue weighted by Gasteiger charge is 2.38. The van der Waals surface area contributed by atoms with Gasteiger partial charge in [0.05, 0.1) is 31.0 Å². The molecule has 16 heteroatoms. The monoisotopic (exact) mass is 1020 g/mol. The highest BCUT2D eigenvalue weighted by atomic mass is 16.6. The number of aliphatic hydroxyl groups excluding tert-OH is 3. The average molecular weight is 1020 g/mol. The Morgan fingerprint density at radius 1 is 0.792 bits per heavy atom. The van der Waals surface area contributed by atoms with Gasteiger partial charge in [0.2, 0.25) is 0 Å². The number of hydrogen-bond acceptors (Lipinski definition) is 16. The first-order chi connectivity index (χ1) is 33.9. The van der Waals surface area contributed by atoms with Crippen molar-refractivity contribution in [3.63, 3.8) is 0 Å². The highest BCUT2D eigenvalue weighted by molar-refractivity contribution is 5.82. The maximum absolute atomic E-state index is 13.6. The van der Waals surface area contributed by atoms with Gasteiger partial charge in [-0.15, -0.1) is 0 Å². The van der Waals surface area contributed by atoms with Crippen LogP contribution in [-0.4, -0.2) is 173 Å². The van der Waals surface area contributed by atoms with Crippen LogP contribution in [0.25, 0.3) is 0 Å². The number of carbonyl (C=O) groups excluding carboxylic acids is 4. The third-order valence-electron chi connectivity index (χ3n) is 14.6. The molecule has 17 atom stereocenters. The van der Waals surface area contributed by atoms with Gasteiger partial charge in [0.1, 0.15) is 36.5 Å². The topological polar surface area (TPSA) is 200 Å². The van der Waals surface area contributed by atoms with E-state index in [2.05, 4.69) is 19.1 Å². The number of allylic oxidation sites excluding steroid dienone is 3. The van der Waals surface area contributed by atoms with E-state index in [4.69, 9.17) is 33.2 Å². The minimum Gasteiger partial charge on any atom is -0.462 e. The van der Waals surface area contributed by atoms with Crippen molar-refractivity contribution in [2.75, 3.05) is 62.7 Å². The molecule has 1 aliphatic rings. The van der Waals surface area contributed by atoms with Crippen molar-refractivity contribution < 1.29 is 67.7 Å². The first kappa shape index (κ1) is 66.5. The van der Waals surface area contributed by atoms with E-state index in [1.54, 1.807) is 77.4 Å². The van der Waals surface area contributed by atoms with Crippen molar-refractivity contribution in [3.8, 4) is 0 Å². The minimum absolute atomic E-state index is 0.0990. The summed E-state index contributed by atoms with van der Waals surface area (Å²) in [7, 11) is 12.0. The van der Waals surface area contributed by atoms with E-state index < -0.39 is 90.3 Å². The Balaban J connectivity index is 3.61. The van der Waals surface area contributed by atoms with Gasteiger partial charge in [0, 0.05) is 71.5 Å². The van der Waals surface area contributed by atoms with Crippen LogP contribution < -0.4 is 0 Å². The highest BCUT2D eigenvalue weighted by Crippen LogP contribution is 2.32. The molecule has 72 heavy (non-hydrogen) atoms. The summed E-state index contributed by atoms with van der Waals surface area (Å²) in [5.41, 5.74) is 0. The van der Waals surface area contributed by atoms with Crippen LogP contribution in [0, 0.1) is 41.4 Å². The maximum atomic E-state index is 13.6. The summed E-state index contributed by atoms with van der Waals surface area (Å²) in [5.74, 6) is -3.87. The van der Waals surface area contributed by atoms with Crippen LogP contribution >= 0.6 is 0 Å². The molecule has 1 aliphatic heterocycles. The number of nitrogens with zero attached hydrogens (tertiary/aromatic N) is 2. The van der Waals surface area contributed by atoms with E-state index in [1.165, 1.54) is 20.1 Å². The number of cyclic esters (lactones) is 1. The summed E-state index contributed by atoms with van der Waals surface area (Å²) in [6, 6.07) is -1.19. The number of carbonyl (C=O) groups is 4. The Labute approximate surface area is 433 Å². The first-order valence-electron chi connectivity index (χ1n) is 26.2. The fourth-order valence-corrected chi connectivity index (χ4v) is 9.11. The molecular formula is C56H98N2O14. The summed E-state index contributed by atoms with van der Waals surface area (Å²) in [6.45, 7) is 16.6. The number of hydrogen-bond donors (Lipinski definition) is 3. The van der Waals surface area contributed by atoms with Gasteiger partial charge in [-0.3, -0.25) is 24.2 Å². The van der Waals surface area contributed by atoms with E-state index in [-0.39, 0.29) is 55.5 Å². The molecule has 0 aromatic heterocycles. The van der Waals surface area contributed by atoms with Crippen LogP contribution in [-0.2, 0) is 52.3 Å². The van der Waals surface area contributed by atoms with Gasteiger partial charge in [0.15, 0.2) is 0 Å². The Bertz CT molecular complexity index is 1670. The summed E-state index contributed by atoms with van der Waals surface area (Å²) in [5, 5.41) is 33.4. The molecule has 416 valence electrons. The molecule has 0 bridgehead atoms. The molecule has 3 N–H and O–H groups in total. The van der Waals surface area contributed by atoms with Crippen LogP contribution in [0.4, 0.5) is 0 Å². The molecule has 16 nitrogen and oxygen atoms in total. The average Bonchev–Trinajstić information content (AvgIpc) is 3.33. The minimum atomic E-state index is -0.950. The van der Waals surface area contributed by atoms with Crippen LogP contribution in [0.3, 0.4) is 0 Å². The maximum Gasteiger partial charge on any atom is 0.331 e. The lowest BCUT2D eigenvalue weighted by Gasteiger charge is -2.36. The van der Waals surface area contributed by atoms with E-state index in [0.717, 1.165) is 12.8 Å². The molecule has 0 saturated carbocycles. The zero-order valence-electron chi connectivity index (χ0n) is 46.9. The van der Waals surface area contributed by atoms with Gasteiger partial charge in [-0.05, 0) is 104 Å². The Kier molecular flexibility index (Phi) is 33.0. The molecule has 0 aromatic carbocycles. The van der Waals surface area contributed by atoms with Gasteiger partial charge < -0.3 is 48.5 Å². The van der Waals surface area contributed by atoms with Crippen LogP contribution in [0.5, 0.6) is 0 Å². The molecule has 0 amide bonds. The van der Waals surface area contributed by atoms with Crippen LogP contribution in [0.15, 0.2) is 48.6 Å². The van der Waals surface area contributed by atoms with Crippen molar-refractivity contribution in [2.24, 2.45) is 41.4 Å². The van der Waals surface area contributed by atoms with E-state index in [1.807, 2.05) is 53.7 Å². The Morgan fingerprint density at radius 2 is 1.43 bits per heavy atom. The smallest absolute Gasteiger partial charge is 0.331 e. The quantitative estimate of drug-likeness (QED) is 0.0562. The third kappa shape index (κ3) is 24.2. The fraction of sp³-hybridized carbons (Fsp3) is 0.786. The SMILES string of the molecule is COC[C@@H](C(=O)O[C@@H]1C/C=C/C=C/C(=O)O[C@H]([C@@H](C)[C@@H](O)[C@@H](C)CC[C@@H](OC(=O)[C@H](C)N(C)C)[C@H](C)[C@H](OC(C)=O)[C@H](C)CCO)C/C=C/[C@H](OC)C[C@H](C)C/C=C/[C@@H](OC)CC[C@@H](C)[C@@H](O)[C@@H]1C)N(C)C. The van der Waals surface area contributed by atoms with Gasteiger partial charge in [-0.25, -0.2) is 4.79 Å². The van der Waals surface area contributed by atoms with Crippen molar-refractivity contribution >= 4 is 23.9 Å². The molecule has 0 saturated heterocycles. The van der Waals surface area contributed by atoms with E-state index in [0.29, 0.717) is 38.5 Å². The molecule has 0 unspecified atom stereocenters. The standard InChI is InChI=1S/C56H98N2O14/c1-36-22-20-23-45(67-15)30-28-37(2)52(62)41(6)49(72-56(65)47(35-66-14)58(12)13)25-18-17-19-27-51(61)70-48(26-21-24-46(34-36)68-16)40(5)53(63)38(3)29-31-50(71-55(64)43(8)57(10)11)42(7)54(69-44(9)60)39(4)32-33-59/h17-21,23-24,27,36-43,45-50,52-54,59,62-63H,22,25-26,28-35H2,1-16H3/b18-17+,23-20+,24-21+,27-19+/t36-,37-,38+,39-,40-,41-,42+,43+,45-,46+,47+,48+,49-,50-,52-,53+,54-/m1/s1. The van der Waals surface area contributed by atoms with Gasteiger partial charge in [-0.1, -0.05) is 91.0 Å². The second-order valence-electron chi connectivity index (χ2n) is 21.0. The third-order valence-corrected chi connectivity index (χ3v) is 14.6. The lowest BCUT2D eigenvalue weighted by atomic mass is 9.82. The lowest BCUT2D eigenvalue weighted by Crippen LogP contribution is -2.44. The molecule has 0 fully saturated rings. The molecule has 1 rings (SSSR count). The molecule has 0 aromatic rings. The number of methoxy groups -OCH3 is 3. The number of likely N-dealkylation sites (N-methyl/N-ethyl adjacent to an activating group) is 2. The van der Waals surface area contributed by atoms with Crippen molar-refractivity contribution in [3.05, 3.63) is 48.6 Å². The second-order valence-corrected chi connectivity index (χ2v) is 21.0. The lowest BCUT2D eigenvalue weighted by molar-refractivity contribution is -0.167. The second kappa shape index (κ2) is 35.7.